The number of sulfonamides is 1. The van der Waals surface area contributed by atoms with Crippen molar-refractivity contribution in [2.24, 2.45) is 0 Å². The van der Waals surface area contributed by atoms with Gasteiger partial charge in [0.2, 0.25) is 15.9 Å². The van der Waals surface area contributed by atoms with Crippen molar-refractivity contribution >= 4 is 21.6 Å². The van der Waals surface area contributed by atoms with E-state index >= 15 is 0 Å². The molecule has 0 bridgehead atoms. The van der Waals surface area contributed by atoms with E-state index in [1.807, 2.05) is 0 Å². The monoisotopic (exact) mass is 288 g/mol. The number of hydrogen-bond donors (Lipinski definition) is 3. The second-order valence-corrected chi connectivity index (χ2v) is 5.42. The molecule has 0 unspecified atom stereocenters. The molecule has 0 heterocycles. The number of benzene rings is 1. The third kappa shape index (κ3) is 4.64. The van der Waals surface area contributed by atoms with E-state index in [9.17, 15) is 18.1 Å². The Bertz CT molecular complexity index is 585. The van der Waals surface area contributed by atoms with Crippen LogP contribution in [-0.2, 0) is 14.8 Å². The predicted molar refractivity (Wildman–Crippen MR) is 65.4 cm³/mol. The van der Waals surface area contributed by atoms with Crippen LogP contribution in [0.1, 0.15) is 6.92 Å². The molecule has 0 aliphatic carbocycles. The van der Waals surface area contributed by atoms with Gasteiger partial charge in [0.25, 0.3) is 4.92 Å². The summed E-state index contributed by atoms with van der Waals surface area (Å²) in [6.45, 7) is 1.50. The summed E-state index contributed by atoms with van der Waals surface area (Å²) in [6, 6.07) is 4.92. The van der Waals surface area contributed by atoms with Crippen LogP contribution in [0, 0.1) is 4.91 Å². The van der Waals surface area contributed by atoms with Crippen LogP contribution in [0.25, 0.3) is 0 Å². The smallest absolute Gasteiger partial charge is 0.317 e. The van der Waals surface area contributed by atoms with Crippen molar-refractivity contribution in [3.63, 3.8) is 0 Å². The van der Waals surface area contributed by atoms with Gasteiger partial charge in [0.15, 0.2) is 0 Å². The van der Waals surface area contributed by atoms with Crippen molar-refractivity contribution in [3.8, 4) is 0 Å². The quantitative estimate of drug-likeness (QED) is 0.499. The Labute approximate surface area is 110 Å². The Morgan fingerprint density at radius 1 is 1.37 bits per heavy atom. The average Bonchev–Trinajstić information content (AvgIpc) is 2.34. The van der Waals surface area contributed by atoms with Crippen LogP contribution in [-0.4, -0.2) is 37.5 Å². The number of carbonyl (C=O) groups excluding carboxylic acids is 1. The second-order valence-electron chi connectivity index (χ2n) is 3.65. The van der Waals surface area contributed by atoms with Crippen molar-refractivity contribution in [3.05, 3.63) is 29.2 Å². The maximum atomic E-state index is 11.8. The van der Waals surface area contributed by atoms with Gasteiger partial charge in [0, 0.05) is 32.1 Å². The minimum absolute atomic E-state index is 0.0202. The Morgan fingerprint density at radius 3 is 2.63 bits per heavy atom. The minimum Gasteiger partial charge on any atom is -0.355 e. The Hall–Kier alpha value is -2.00. The fourth-order valence-corrected chi connectivity index (χ4v) is 2.35. The molecule has 1 amide bonds. The van der Waals surface area contributed by atoms with Gasteiger partial charge in [-0.25, -0.2) is 18.3 Å². The summed E-state index contributed by atoms with van der Waals surface area (Å²) in [5, 5.41) is 11.1. The van der Waals surface area contributed by atoms with E-state index in [0.29, 0.717) is 0 Å². The van der Waals surface area contributed by atoms with Crippen LogP contribution in [0.2, 0.25) is 0 Å². The highest BCUT2D eigenvalue weighted by molar-refractivity contribution is 7.89. The molecule has 104 valence electrons. The molecular formula is C10H14N3O5S+. The third-order valence-corrected chi connectivity index (χ3v) is 3.60. The van der Waals surface area contributed by atoms with Gasteiger partial charge >= 0.3 is 5.69 Å². The van der Waals surface area contributed by atoms with Gasteiger partial charge in [-0.05, 0) is 6.07 Å². The zero-order chi connectivity index (χ0) is 14.5. The van der Waals surface area contributed by atoms with Gasteiger partial charge in [0.05, 0.1) is 9.80 Å². The molecule has 0 aliphatic rings. The predicted octanol–water partition coefficient (Wildman–Crippen LogP) is -0.0994. The van der Waals surface area contributed by atoms with Gasteiger partial charge in [-0.3, -0.25) is 4.79 Å². The molecule has 3 N–H and O–H groups in total. The van der Waals surface area contributed by atoms with Crippen molar-refractivity contribution < 1.29 is 23.3 Å². The van der Waals surface area contributed by atoms with Crippen LogP contribution >= 0.6 is 0 Å². The summed E-state index contributed by atoms with van der Waals surface area (Å²) in [7, 11) is -3.79. The van der Waals surface area contributed by atoms with Gasteiger partial charge in [-0.2, -0.15) is 0 Å². The molecule has 0 spiro atoms. The molecule has 1 aromatic carbocycles. The van der Waals surface area contributed by atoms with Crippen molar-refractivity contribution in [2.45, 2.75) is 11.8 Å². The highest BCUT2D eigenvalue weighted by Crippen LogP contribution is 2.16. The molecule has 0 saturated carbocycles. The third-order valence-electron chi connectivity index (χ3n) is 2.14. The number of nitrogens with one attached hydrogen (secondary N) is 2. The lowest BCUT2D eigenvalue weighted by atomic mass is 10.3. The van der Waals surface area contributed by atoms with E-state index in [2.05, 4.69) is 10.0 Å². The number of hydrogen-bond acceptors (Lipinski definition) is 4. The molecule has 0 atom stereocenters. The fraction of sp³-hybridized carbons (Fsp3) is 0.300. The zero-order valence-corrected chi connectivity index (χ0v) is 11.0. The van der Waals surface area contributed by atoms with Crippen LogP contribution in [0.5, 0.6) is 0 Å². The lowest BCUT2D eigenvalue weighted by Crippen LogP contribution is -2.33. The van der Waals surface area contributed by atoms with Gasteiger partial charge in [-0.1, -0.05) is 6.07 Å². The SMILES string of the molecule is CC(=O)NCCNS(=O)(=O)c1cccc([N+](=O)O)c1. The van der Waals surface area contributed by atoms with Crippen LogP contribution in [0.3, 0.4) is 0 Å². The van der Waals surface area contributed by atoms with E-state index in [4.69, 9.17) is 5.21 Å². The molecule has 0 saturated heterocycles. The highest BCUT2D eigenvalue weighted by Gasteiger charge is 2.19. The lowest BCUT2D eigenvalue weighted by Gasteiger charge is -2.06. The first-order valence-electron chi connectivity index (χ1n) is 5.33. The van der Waals surface area contributed by atoms with Crippen LogP contribution in [0.15, 0.2) is 29.2 Å². The fourth-order valence-electron chi connectivity index (χ4n) is 1.28. The van der Waals surface area contributed by atoms with E-state index in [1.54, 1.807) is 0 Å². The van der Waals surface area contributed by atoms with Crippen LogP contribution in [0.4, 0.5) is 5.69 Å². The molecule has 0 radical (unpaired) electrons. The number of nitrogens with zero attached hydrogens (tertiary/aromatic N) is 1. The number of rotatable bonds is 6. The number of carbonyl (C=O) groups is 1. The summed E-state index contributed by atoms with van der Waals surface area (Å²) in [5.74, 6) is -0.261. The standard InChI is InChI=1S/C10H13N3O5S/c1-8(14)11-5-6-12-19(17,18)10-4-2-3-9(7-10)13(15)16/h2-4,7,12H,5-6H2,1H3,(H-,11,14,15,16)/p+1. The van der Waals surface area contributed by atoms with E-state index < -0.39 is 14.9 Å². The van der Waals surface area contributed by atoms with Crippen molar-refractivity contribution in [1.82, 2.24) is 10.0 Å². The van der Waals surface area contributed by atoms with E-state index in [1.165, 1.54) is 25.1 Å². The topological polar surface area (TPSA) is 116 Å². The Morgan fingerprint density at radius 2 is 2.05 bits per heavy atom. The average molecular weight is 288 g/mol. The first-order chi connectivity index (χ1) is 8.83. The molecule has 1 rings (SSSR count). The van der Waals surface area contributed by atoms with Gasteiger partial charge in [0.1, 0.15) is 0 Å². The molecular weight excluding hydrogens is 274 g/mol. The molecule has 8 nitrogen and oxygen atoms in total. The number of amides is 1. The summed E-state index contributed by atoms with van der Waals surface area (Å²) < 4.78 is 25.9. The van der Waals surface area contributed by atoms with Crippen molar-refractivity contribution in [1.29, 1.82) is 0 Å². The highest BCUT2D eigenvalue weighted by atomic mass is 32.2. The van der Waals surface area contributed by atoms with E-state index in [0.717, 1.165) is 6.07 Å². The first-order valence-corrected chi connectivity index (χ1v) is 6.81. The van der Waals surface area contributed by atoms with Gasteiger partial charge in [-0.15, -0.1) is 0 Å². The maximum absolute atomic E-state index is 11.8. The maximum Gasteiger partial charge on any atom is 0.317 e. The summed E-state index contributed by atoms with van der Waals surface area (Å²) in [5.41, 5.74) is -0.190. The van der Waals surface area contributed by atoms with Crippen molar-refractivity contribution in [2.75, 3.05) is 13.1 Å². The molecule has 0 fully saturated rings. The molecule has 19 heavy (non-hydrogen) atoms. The molecule has 1 aromatic rings. The van der Waals surface area contributed by atoms with E-state index in [-0.39, 0.29) is 29.6 Å². The summed E-state index contributed by atoms with van der Waals surface area (Å²) in [6.07, 6.45) is 0. The Balaban J connectivity index is 2.74. The normalized spacial score (nSPS) is 11.0. The van der Waals surface area contributed by atoms with Gasteiger partial charge < -0.3 is 5.32 Å². The minimum atomic E-state index is -3.79. The second kappa shape index (κ2) is 6.25. The van der Waals surface area contributed by atoms with Crippen LogP contribution < -0.4 is 10.0 Å². The summed E-state index contributed by atoms with van der Waals surface area (Å²) >= 11 is 0. The zero-order valence-electron chi connectivity index (χ0n) is 10.2. The summed E-state index contributed by atoms with van der Waals surface area (Å²) in [4.78, 5) is 20.7. The molecule has 0 aromatic heterocycles. The molecule has 9 heteroatoms. The Kier molecular flexibility index (Phi) is 4.95. The first kappa shape index (κ1) is 15.1. The largest absolute Gasteiger partial charge is 0.355 e. The lowest BCUT2D eigenvalue weighted by molar-refractivity contribution is -0.729. The molecule has 0 aliphatic heterocycles.